The number of nitrogens with zero attached hydrogens (tertiary/aromatic N) is 2. The fourth-order valence-electron chi connectivity index (χ4n) is 1.73. The quantitative estimate of drug-likeness (QED) is 0.857. The van der Waals surface area contributed by atoms with Crippen molar-refractivity contribution in [3.8, 4) is 0 Å². The van der Waals surface area contributed by atoms with Gasteiger partial charge in [-0.25, -0.2) is 0 Å². The van der Waals surface area contributed by atoms with Gasteiger partial charge in [-0.2, -0.15) is 0 Å². The van der Waals surface area contributed by atoms with Gasteiger partial charge in [0, 0.05) is 12.5 Å². The Morgan fingerprint density at radius 3 is 2.67 bits per heavy atom. The van der Waals surface area contributed by atoms with Crippen LogP contribution in [0, 0.1) is 12.8 Å². The topological polar surface area (TPSA) is 54.9 Å². The molecular formula is C16H19N3OS. The Morgan fingerprint density at radius 2 is 2.00 bits per heavy atom. The van der Waals surface area contributed by atoms with E-state index in [2.05, 4.69) is 29.4 Å². The molecule has 0 saturated carbocycles. The number of carbonyl (C=O) groups excluding carboxylic acids is 1. The molecule has 0 radical (unpaired) electrons. The number of aromatic nitrogens is 2. The third-order valence-corrected chi connectivity index (χ3v) is 3.65. The summed E-state index contributed by atoms with van der Waals surface area (Å²) in [6, 6.07) is 7.98. The molecule has 110 valence electrons. The summed E-state index contributed by atoms with van der Waals surface area (Å²) in [4.78, 5) is 11.8. The van der Waals surface area contributed by atoms with Crippen LogP contribution in [0.2, 0.25) is 0 Å². The van der Waals surface area contributed by atoms with Gasteiger partial charge < -0.3 is 0 Å². The lowest BCUT2D eigenvalue weighted by Gasteiger charge is -1.97. The first kappa shape index (κ1) is 15.4. The number of anilines is 1. The molecule has 1 amide bonds. The molecule has 0 aliphatic heterocycles. The van der Waals surface area contributed by atoms with Gasteiger partial charge in [0.25, 0.3) is 0 Å². The average Bonchev–Trinajstić information content (AvgIpc) is 2.84. The van der Waals surface area contributed by atoms with Crippen molar-refractivity contribution in [1.29, 1.82) is 0 Å². The van der Waals surface area contributed by atoms with E-state index < -0.39 is 0 Å². The second-order valence-electron chi connectivity index (χ2n) is 5.33. The first-order valence-electron chi connectivity index (χ1n) is 6.91. The van der Waals surface area contributed by atoms with Crippen LogP contribution in [0.3, 0.4) is 0 Å². The maximum absolute atomic E-state index is 11.8. The zero-order chi connectivity index (χ0) is 15.2. The van der Waals surface area contributed by atoms with Crippen LogP contribution in [0.1, 0.15) is 30.0 Å². The van der Waals surface area contributed by atoms with Gasteiger partial charge >= 0.3 is 0 Å². The molecule has 0 aliphatic carbocycles. The van der Waals surface area contributed by atoms with E-state index in [-0.39, 0.29) is 5.91 Å². The van der Waals surface area contributed by atoms with Crippen molar-refractivity contribution in [2.75, 3.05) is 5.32 Å². The van der Waals surface area contributed by atoms with Crippen LogP contribution in [-0.4, -0.2) is 16.1 Å². The first-order valence-corrected chi connectivity index (χ1v) is 7.72. The second-order valence-corrected chi connectivity index (χ2v) is 6.39. The van der Waals surface area contributed by atoms with Gasteiger partial charge in [0.2, 0.25) is 11.0 Å². The molecule has 1 heterocycles. The van der Waals surface area contributed by atoms with E-state index in [0.717, 1.165) is 17.0 Å². The first-order chi connectivity index (χ1) is 10.0. The molecule has 0 saturated heterocycles. The lowest BCUT2D eigenvalue weighted by Crippen LogP contribution is -2.07. The minimum absolute atomic E-state index is 0.192. The predicted octanol–water partition coefficient (Wildman–Crippen LogP) is 3.70. The molecule has 21 heavy (non-hydrogen) atoms. The minimum Gasteiger partial charge on any atom is -0.297 e. The Morgan fingerprint density at radius 1 is 1.29 bits per heavy atom. The van der Waals surface area contributed by atoms with Crippen molar-refractivity contribution in [2.24, 2.45) is 5.92 Å². The van der Waals surface area contributed by atoms with Crippen LogP contribution in [0.25, 0.3) is 6.08 Å². The highest BCUT2D eigenvalue weighted by molar-refractivity contribution is 7.15. The Hall–Kier alpha value is -2.01. The fraction of sp³-hybridized carbons (Fsp3) is 0.312. The smallest absolute Gasteiger partial charge is 0.250 e. The number of rotatable bonds is 5. The van der Waals surface area contributed by atoms with Gasteiger partial charge in [-0.15, -0.1) is 10.2 Å². The number of aryl methyl sites for hydroxylation is 1. The molecule has 0 fully saturated rings. The van der Waals surface area contributed by atoms with Crippen LogP contribution in [0.15, 0.2) is 30.3 Å². The highest BCUT2D eigenvalue weighted by Gasteiger charge is 2.07. The number of nitrogens with one attached hydrogen (secondary N) is 1. The summed E-state index contributed by atoms with van der Waals surface area (Å²) >= 11 is 1.43. The van der Waals surface area contributed by atoms with E-state index in [0.29, 0.717) is 11.0 Å². The molecule has 0 atom stereocenters. The fourth-order valence-corrected chi connectivity index (χ4v) is 2.69. The summed E-state index contributed by atoms with van der Waals surface area (Å²) in [7, 11) is 0. The molecule has 0 bridgehead atoms. The minimum atomic E-state index is -0.192. The largest absolute Gasteiger partial charge is 0.297 e. The van der Waals surface area contributed by atoms with Crippen molar-refractivity contribution >= 4 is 28.5 Å². The molecule has 2 rings (SSSR count). The monoisotopic (exact) mass is 301 g/mol. The Bertz CT molecular complexity index is 629. The molecule has 1 aromatic heterocycles. The van der Waals surface area contributed by atoms with Crippen molar-refractivity contribution in [1.82, 2.24) is 10.2 Å². The van der Waals surface area contributed by atoms with Crippen molar-refractivity contribution in [2.45, 2.75) is 27.2 Å². The molecule has 5 heteroatoms. The lowest BCUT2D eigenvalue weighted by molar-refractivity contribution is -0.111. The molecule has 0 aliphatic rings. The van der Waals surface area contributed by atoms with E-state index in [9.17, 15) is 4.79 Å². The molecular weight excluding hydrogens is 282 g/mol. The standard InChI is InChI=1S/C16H19N3OS/c1-11(2)10-15-18-19-16(21-15)17-14(20)9-8-13-6-4-12(3)5-7-13/h4-9,11H,10H2,1-3H3,(H,17,19,20)/b9-8+. The highest BCUT2D eigenvalue weighted by atomic mass is 32.1. The van der Waals surface area contributed by atoms with Crippen LogP contribution < -0.4 is 5.32 Å². The zero-order valence-corrected chi connectivity index (χ0v) is 13.3. The van der Waals surface area contributed by atoms with Crippen LogP contribution >= 0.6 is 11.3 Å². The second kappa shape index (κ2) is 7.13. The maximum atomic E-state index is 11.8. The van der Waals surface area contributed by atoms with Crippen LogP contribution in [0.4, 0.5) is 5.13 Å². The Kier molecular flexibility index (Phi) is 5.22. The van der Waals surface area contributed by atoms with E-state index in [1.54, 1.807) is 6.08 Å². The number of carbonyl (C=O) groups is 1. The van der Waals surface area contributed by atoms with Crippen LogP contribution in [-0.2, 0) is 11.2 Å². The van der Waals surface area contributed by atoms with Gasteiger partial charge in [-0.3, -0.25) is 10.1 Å². The molecule has 2 aromatic rings. The zero-order valence-electron chi connectivity index (χ0n) is 12.5. The van der Waals surface area contributed by atoms with E-state index in [4.69, 9.17) is 0 Å². The molecule has 0 spiro atoms. The van der Waals surface area contributed by atoms with Crippen LogP contribution in [0.5, 0.6) is 0 Å². The summed E-state index contributed by atoms with van der Waals surface area (Å²) < 4.78 is 0. The molecule has 1 N–H and O–H groups in total. The summed E-state index contributed by atoms with van der Waals surface area (Å²) in [5.74, 6) is 0.339. The summed E-state index contributed by atoms with van der Waals surface area (Å²) in [6.07, 6.45) is 4.17. The Labute approximate surface area is 128 Å². The van der Waals surface area contributed by atoms with Gasteiger partial charge in [0.05, 0.1) is 0 Å². The predicted molar refractivity (Wildman–Crippen MR) is 87.3 cm³/mol. The number of hydrogen-bond acceptors (Lipinski definition) is 4. The lowest BCUT2D eigenvalue weighted by atomic mass is 10.1. The molecule has 4 nitrogen and oxygen atoms in total. The summed E-state index contributed by atoms with van der Waals surface area (Å²) in [6.45, 7) is 6.29. The van der Waals surface area contributed by atoms with Gasteiger partial charge in [0.15, 0.2) is 0 Å². The maximum Gasteiger partial charge on any atom is 0.250 e. The van der Waals surface area contributed by atoms with Gasteiger partial charge in [0.1, 0.15) is 5.01 Å². The van der Waals surface area contributed by atoms with Crippen molar-refractivity contribution in [3.63, 3.8) is 0 Å². The van der Waals surface area contributed by atoms with E-state index in [1.165, 1.54) is 23.0 Å². The third kappa shape index (κ3) is 5.11. The van der Waals surface area contributed by atoms with Gasteiger partial charge in [-0.05, 0) is 24.5 Å². The summed E-state index contributed by atoms with van der Waals surface area (Å²) in [5.41, 5.74) is 2.19. The Balaban J connectivity index is 1.92. The van der Waals surface area contributed by atoms with Crippen molar-refractivity contribution in [3.05, 3.63) is 46.5 Å². The highest BCUT2D eigenvalue weighted by Crippen LogP contribution is 2.18. The number of amides is 1. The average molecular weight is 301 g/mol. The number of benzene rings is 1. The third-order valence-electron chi connectivity index (χ3n) is 2.78. The SMILES string of the molecule is Cc1ccc(/C=C/C(=O)Nc2nnc(CC(C)C)s2)cc1. The van der Waals surface area contributed by atoms with Crippen molar-refractivity contribution < 1.29 is 4.79 Å². The summed E-state index contributed by atoms with van der Waals surface area (Å²) in [5, 5.41) is 12.3. The van der Waals surface area contributed by atoms with E-state index >= 15 is 0 Å². The van der Waals surface area contributed by atoms with E-state index in [1.807, 2.05) is 31.2 Å². The number of hydrogen-bond donors (Lipinski definition) is 1. The van der Waals surface area contributed by atoms with Gasteiger partial charge in [-0.1, -0.05) is 55.0 Å². The molecule has 1 aromatic carbocycles. The normalized spacial score (nSPS) is 11.2. The molecule has 0 unspecified atom stereocenters.